The molecule has 0 saturated carbocycles. The second kappa shape index (κ2) is 9.75. The van der Waals surface area contributed by atoms with Gasteiger partial charge < -0.3 is 8.97 Å². The van der Waals surface area contributed by atoms with E-state index < -0.39 is 0 Å². The molecule has 0 aliphatic carbocycles. The van der Waals surface area contributed by atoms with Crippen molar-refractivity contribution >= 4 is 109 Å². The third-order valence-corrected chi connectivity index (χ3v) is 12.5. The van der Waals surface area contributed by atoms with Crippen molar-refractivity contribution in [3.63, 3.8) is 0 Å². The zero-order chi connectivity index (χ0) is 35.5. The number of hydrogen-bond acceptors (Lipinski definition) is 1. The Morgan fingerprint density at radius 1 is 0.364 bits per heavy atom. The summed E-state index contributed by atoms with van der Waals surface area (Å²) in [5.74, 6) is 0. The SMILES string of the molecule is c1ccc(-n2c3ccccc3c3cc(-c4cccc5c6cccc7c8nc9c(cc8n(c45)c67)c4cccc5c6c7ccccc7ccc6n9c45)ccc32)cc1. The average Bonchev–Trinajstić information content (AvgIpc) is 4.03. The highest BCUT2D eigenvalue weighted by atomic mass is 15.0. The molecular formula is C51H28N4. The zero-order valence-corrected chi connectivity index (χ0v) is 29.5. The number of aromatic nitrogens is 4. The Bertz CT molecular complexity index is 3940. The Kier molecular flexibility index (Phi) is 4.99. The van der Waals surface area contributed by atoms with Crippen LogP contribution in [-0.2, 0) is 0 Å². The van der Waals surface area contributed by atoms with E-state index in [1.165, 1.54) is 109 Å². The molecule has 0 radical (unpaired) electrons. The van der Waals surface area contributed by atoms with Crippen LogP contribution in [0.3, 0.4) is 0 Å². The second-order valence-electron chi connectivity index (χ2n) is 15.1. The average molecular weight is 697 g/mol. The Balaban J connectivity index is 1.10. The molecule has 0 fully saturated rings. The first kappa shape index (κ1) is 28.1. The van der Waals surface area contributed by atoms with Gasteiger partial charge in [-0.15, -0.1) is 0 Å². The maximum atomic E-state index is 5.64. The Hall–Kier alpha value is -7.43. The summed E-state index contributed by atoms with van der Waals surface area (Å²) in [6.45, 7) is 0. The number of benzene rings is 8. The molecule has 14 aromatic rings. The number of nitrogens with zero attached hydrogens (tertiary/aromatic N) is 4. The lowest BCUT2D eigenvalue weighted by molar-refractivity contribution is 1.18. The summed E-state index contributed by atoms with van der Waals surface area (Å²) in [5.41, 5.74) is 14.1. The Labute approximate surface area is 313 Å². The molecule has 6 heterocycles. The smallest absolute Gasteiger partial charge is 0.146 e. The highest BCUT2D eigenvalue weighted by molar-refractivity contribution is 6.30. The van der Waals surface area contributed by atoms with Gasteiger partial charge >= 0.3 is 0 Å². The van der Waals surface area contributed by atoms with Crippen LogP contribution in [-0.4, -0.2) is 18.4 Å². The minimum Gasteiger partial charge on any atom is -0.309 e. The van der Waals surface area contributed by atoms with Crippen LogP contribution in [0, 0.1) is 0 Å². The predicted molar refractivity (Wildman–Crippen MR) is 231 cm³/mol. The van der Waals surface area contributed by atoms with Gasteiger partial charge in [-0.25, -0.2) is 4.98 Å². The van der Waals surface area contributed by atoms with Gasteiger partial charge in [0.05, 0.1) is 44.1 Å². The fourth-order valence-corrected chi connectivity index (χ4v) is 10.3. The van der Waals surface area contributed by atoms with Crippen molar-refractivity contribution < 1.29 is 0 Å². The van der Waals surface area contributed by atoms with E-state index in [2.05, 4.69) is 183 Å². The molecule has 0 aliphatic rings. The Morgan fingerprint density at radius 3 is 1.91 bits per heavy atom. The van der Waals surface area contributed by atoms with E-state index in [4.69, 9.17) is 4.98 Å². The summed E-state index contributed by atoms with van der Waals surface area (Å²) < 4.78 is 7.31. The van der Waals surface area contributed by atoms with Gasteiger partial charge in [0.15, 0.2) is 0 Å². The summed E-state index contributed by atoms with van der Waals surface area (Å²) in [6.07, 6.45) is 0. The maximum Gasteiger partial charge on any atom is 0.146 e. The van der Waals surface area contributed by atoms with Crippen LogP contribution in [0.15, 0.2) is 170 Å². The molecule has 0 bridgehead atoms. The fourth-order valence-electron chi connectivity index (χ4n) is 10.3. The number of hydrogen-bond donors (Lipinski definition) is 0. The van der Waals surface area contributed by atoms with Crippen molar-refractivity contribution in [2.45, 2.75) is 0 Å². The van der Waals surface area contributed by atoms with E-state index in [-0.39, 0.29) is 0 Å². The highest BCUT2D eigenvalue weighted by Gasteiger charge is 2.25. The largest absolute Gasteiger partial charge is 0.309 e. The zero-order valence-electron chi connectivity index (χ0n) is 29.5. The van der Waals surface area contributed by atoms with E-state index in [9.17, 15) is 0 Å². The molecule has 0 unspecified atom stereocenters. The van der Waals surface area contributed by atoms with Gasteiger partial charge in [0, 0.05) is 59.7 Å². The maximum absolute atomic E-state index is 5.64. The van der Waals surface area contributed by atoms with Crippen LogP contribution < -0.4 is 0 Å². The van der Waals surface area contributed by atoms with Crippen LogP contribution in [0.4, 0.5) is 0 Å². The second-order valence-corrected chi connectivity index (χ2v) is 15.1. The topological polar surface area (TPSA) is 26.6 Å². The Morgan fingerprint density at radius 2 is 1.02 bits per heavy atom. The van der Waals surface area contributed by atoms with E-state index >= 15 is 0 Å². The lowest BCUT2D eigenvalue weighted by Gasteiger charge is -2.09. The van der Waals surface area contributed by atoms with Crippen LogP contribution in [0.1, 0.15) is 0 Å². The van der Waals surface area contributed by atoms with Gasteiger partial charge in [0.1, 0.15) is 5.65 Å². The van der Waals surface area contributed by atoms with Gasteiger partial charge in [-0.3, -0.25) is 4.40 Å². The minimum absolute atomic E-state index is 1.02. The van der Waals surface area contributed by atoms with Crippen molar-refractivity contribution in [2.24, 2.45) is 0 Å². The lowest BCUT2D eigenvalue weighted by Crippen LogP contribution is -1.93. The molecule has 252 valence electrons. The molecule has 6 aromatic heterocycles. The first-order valence-electron chi connectivity index (χ1n) is 19.0. The van der Waals surface area contributed by atoms with Crippen molar-refractivity contribution in [3.05, 3.63) is 170 Å². The van der Waals surface area contributed by atoms with Crippen molar-refractivity contribution in [1.82, 2.24) is 18.4 Å². The molecule has 0 atom stereocenters. The lowest BCUT2D eigenvalue weighted by atomic mass is 9.99. The first-order valence-corrected chi connectivity index (χ1v) is 19.0. The molecule has 4 nitrogen and oxygen atoms in total. The van der Waals surface area contributed by atoms with Crippen LogP contribution in [0.25, 0.3) is 126 Å². The van der Waals surface area contributed by atoms with E-state index in [1.807, 2.05) is 0 Å². The van der Waals surface area contributed by atoms with Gasteiger partial charge in [-0.05, 0) is 58.8 Å². The van der Waals surface area contributed by atoms with Crippen molar-refractivity contribution in [2.75, 3.05) is 0 Å². The predicted octanol–water partition coefficient (Wildman–Crippen LogP) is 13.3. The van der Waals surface area contributed by atoms with Crippen LogP contribution in [0.2, 0.25) is 0 Å². The molecule has 4 heteroatoms. The fraction of sp³-hybridized carbons (Fsp3) is 0. The molecular weight excluding hydrogens is 669 g/mol. The molecule has 8 aromatic carbocycles. The number of rotatable bonds is 2. The summed E-state index contributed by atoms with van der Waals surface area (Å²) in [7, 11) is 0. The number of para-hydroxylation sites is 5. The summed E-state index contributed by atoms with van der Waals surface area (Å²) >= 11 is 0. The standard InChI is InChI=1S/C51H28N4/c1-2-12-31(13-3-1)53-42-22-7-6-15-34(42)40-27-30(24-25-43(40)53)33-16-8-17-35-36-18-10-21-39-47-45(54(48(33)35)50(36)39)28-41-37-19-9-20-38-46-32-14-5-4-11-29(32)23-26-44(46)55(49(37)38)51(41)52-47/h1-28H. The number of pyridine rings is 1. The third-order valence-electron chi connectivity index (χ3n) is 12.5. The van der Waals surface area contributed by atoms with Crippen LogP contribution >= 0.6 is 0 Å². The monoisotopic (exact) mass is 696 g/mol. The van der Waals surface area contributed by atoms with Crippen molar-refractivity contribution in [1.29, 1.82) is 0 Å². The van der Waals surface area contributed by atoms with Gasteiger partial charge in [0.2, 0.25) is 0 Å². The van der Waals surface area contributed by atoms with Crippen molar-refractivity contribution in [3.8, 4) is 16.8 Å². The van der Waals surface area contributed by atoms with E-state index in [0.29, 0.717) is 0 Å². The van der Waals surface area contributed by atoms with Gasteiger partial charge in [-0.2, -0.15) is 0 Å². The third kappa shape index (κ3) is 3.33. The number of fused-ring (bicyclic) bond motifs is 17. The quantitative estimate of drug-likeness (QED) is 0.177. The normalized spacial score (nSPS) is 12.7. The summed E-state index contributed by atoms with van der Waals surface area (Å²) in [6, 6.07) is 62.5. The van der Waals surface area contributed by atoms with Gasteiger partial charge in [-0.1, -0.05) is 127 Å². The molecule has 0 N–H and O–H groups in total. The van der Waals surface area contributed by atoms with Gasteiger partial charge in [0.25, 0.3) is 0 Å². The highest BCUT2D eigenvalue weighted by Crippen LogP contribution is 2.46. The molecule has 0 amide bonds. The molecule has 0 spiro atoms. The molecule has 0 saturated heterocycles. The van der Waals surface area contributed by atoms with Crippen LogP contribution in [0.5, 0.6) is 0 Å². The summed E-state index contributed by atoms with van der Waals surface area (Å²) in [4.78, 5) is 5.64. The molecule has 14 rings (SSSR count). The van der Waals surface area contributed by atoms with E-state index in [0.717, 1.165) is 16.7 Å². The minimum atomic E-state index is 1.02. The molecule has 55 heavy (non-hydrogen) atoms. The first-order chi connectivity index (χ1) is 27.3. The van der Waals surface area contributed by atoms with E-state index in [1.54, 1.807) is 0 Å². The molecule has 0 aliphatic heterocycles. The summed E-state index contributed by atoms with van der Waals surface area (Å²) in [5, 5.41) is 13.8.